The molecule has 4 heteroatoms. The molecular weight excluding hydrogens is 346 g/mol. The largest absolute Gasteiger partial charge is 0.356 e. The van der Waals surface area contributed by atoms with E-state index >= 15 is 0 Å². The molecule has 1 atom stereocenters. The van der Waals surface area contributed by atoms with Crippen LogP contribution in [0.4, 0.5) is 0 Å². The van der Waals surface area contributed by atoms with E-state index in [0.29, 0.717) is 6.04 Å². The van der Waals surface area contributed by atoms with Gasteiger partial charge in [0, 0.05) is 25.0 Å². The maximum Gasteiger partial charge on any atom is 0.223 e. The van der Waals surface area contributed by atoms with Crippen molar-refractivity contribution in [3.05, 3.63) is 60.2 Å². The van der Waals surface area contributed by atoms with Crippen LogP contribution in [-0.2, 0) is 4.79 Å². The molecule has 1 aliphatic rings. The summed E-state index contributed by atoms with van der Waals surface area (Å²) in [7, 11) is 2.12. The Balaban J connectivity index is 1.35. The monoisotopic (exact) mass is 379 g/mol. The number of hydrogen-bond donors (Lipinski definition) is 2. The van der Waals surface area contributed by atoms with E-state index < -0.39 is 0 Å². The molecule has 2 N–H and O–H groups in total. The van der Waals surface area contributed by atoms with Gasteiger partial charge >= 0.3 is 0 Å². The summed E-state index contributed by atoms with van der Waals surface area (Å²) >= 11 is 0. The molecule has 1 heterocycles. The number of amides is 1. The number of benzene rings is 2. The number of nitrogens with zero attached hydrogens (tertiary/aromatic N) is 1. The van der Waals surface area contributed by atoms with Gasteiger partial charge in [-0.1, -0.05) is 54.6 Å². The molecule has 1 fully saturated rings. The molecule has 1 saturated heterocycles. The summed E-state index contributed by atoms with van der Waals surface area (Å²) in [6.07, 6.45) is 7.14. The lowest BCUT2D eigenvalue weighted by Gasteiger charge is -2.27. The highest BCUT2D eigenvalue weighted by Crippen LogP contribution is 2.23. The van der Waals surface area contributed by atoms with Gasteiger partial charge in [0.25, 0.3) is 0 Å². The summed E-state index contributed by atoms with van der Waals surface area (Å²) in [5, 5.41) is 9.24. The summed E-state index contributed by atoms with van der Waals surface area (Å²) in [4.78, 5) is 14.5. The summed E-state index contributed by atoms with van der Waals surface area (Å²) in [5.74, 6) is 0.424. The molecule has 4 nitrogen and oxygen atoms in total. The van der Waals surface area contributed by atoms with Crippen LogP contribution in [0.1, 0.15) is 37.8 Å². The topological polar surface area (TPSA) is 44.4 Å². The molecule has 2 aromatic carbocycles. The minimum atomic E-state index is 0.198. The van der Waals surface area contributed by atoms with Crippen LogP contribution >= 0.6 is 0 Å². The zero-order valence-electron chi connectivity index (χ0n) is 17.2. The lowest BCUT2D eigenvalue weighted by atomic mass is 9.96. The zero-order chi connectivity index (χ0) is 19.8. The van der Waals surface area contributed by atoms with Crippen LogP contribution in [0.3, 0.4) is 0 Å². The zero-order valence-corrected chi connectivity index (χ0v) is 17.2. The SMILES string of the molecule is C[C@@H](NC/C=C/CCNC(=O)C1CCN(C)CC1)c1cccc2ccccc12. The number of rotatable bonds is 8. The molecule has 0 aromatic heterocycles. The minimum Gasteiger partial charge on any atom is -0.356 e. The Kier molecular flexibility index (Phi) is 7.63. The second-order valence-electron chi connectivity index (χ2n) is 7.83. The van der Waals surface area contributed by atoms with Crippen molar-refractivity contribution in [1.29, 1.82) is 0 Å². The lowest BCUT2D eigenvalue weighted by molar-refractivity contribution is -0.126. The summed E-state index contributed by atoms with van der Waals surface area (Å²) < 4.78 is 0. The fourth-order valence-corrected chi connectivity index (χ4v) is 3.88. The van der Waals surface area contributed by atoms with E-state index in [9.17, 15) is 4.79 Å². The van der Waals surface area contributed by atoms with Crippen LogP contribution in [0, 0.1) is 5.92 Å². The van der Waals surface area contributed by atoms with E-state index in [1.807, 2.05) is 0 Å². The van der Waals surface area contributed by atoms with E-state index in [4.69, 9.17) is 0 Å². The van der Waals surface area contributed by atoms with Gasteiger partial charge in [0.1, 0.15) is 0 Å². The highest BCUT2D eigenvalue weighted by molar-refractivity contribution is 5.86. The number of fused-ring (bicyclic) bond motifs is 1. The third-order valence-electron chi connectivity index (χ3n) is 5.70. The van der Waals surface area contributed by atoms with E-state index in [1.165, 1.54) is 16.3 Å². The van der Waals surface area contributed by atoms with Crippen molar-refractivity contribution in [3.8, 4) is 0 Å². The molecule has 0 aliphatic carbocycles. The number of nitrogens with one attached hydrogen (secondary N) is 2. The fraction of sp³-hybridized carbons (Fsp3) is 0.458. The van der Waals surface area contributed by atoms with Gasteiger partial charge < -0.3 is 15.5 Å². The Morgan fingerprint density at radius 3 is 2.71 bits per heavy atom. The highest BCUT2D eigenvalue weighted by atomic mass is 16.1. The molecule has 0 saturated carbocycles. The van der Waals surface area contributed by atoms with Gasteiger partial charge in [-0.15, -0.1) is 0 Å². The van der Waals surface area contributed by atoms with Crippen molar-refractivity contribution in [2.24, 2.45) is 5.92 Å². The fourth-order valence-electron chi connectivity index (χ4n) is 3.88. The van der Waals surface area contributed by atoms with Gasteiger partial charge in [0.2, 0.25) is 5.91 Å². The maximum atomic E-state index is 12.2. The molecule has 0 radical (unpaired) electrons. The molecule has 150 valence electrons. The lowest BCUT2D eigenvalue weighted by Crippen LogP contribution is -2.39. The van der Waals surface area contributed by atoms with Crippen molar-refractivity contribution >= 4 is 16.7 Å². The Hall–Kier alpha value is -2.17. The van der Waals surface area contributed by atoms with Gasteiger partial charge in [-0.05, 0) is 62.7 Å². The summed E-state index contributed by atoms with van der Waals surface area (Å²) in [6, 6.07) is 15.3. The first-order valence-corrected chi connectivity index (χ1v) is 10.5. The van der Waals surface area contributed by atoms with Crippen molar-refractivity contribution in [3.63, 3.8) is 0 Å². The molecule has 28 heavy (non-hydrogen) atoms. The molecule has 0 bridgehead atoms. The van der Waals surface area contributed by atoms with Gasteiger partial charge in [-0.25, -0.2) is 0 Å². The van der Waals surface area contributed by atoms with Crippen LogP contribution in [0.2, 0.25) is 0 Å². The van der Waals surface area contributed by atoms with E-state index in [-0.39, 0.29) is 11.8 Å². The van der Waals surface area contributed by atoms with E-state index in [0.717, 1.165) is 45.4 Å². The van der Waals surface area contributed by atoms with Crippen LogP contribution in [-0.4, -0.2) is 44.0 Å². The van der Waals surface area contributed by atoms with Crippen molar-refractivity contribution in [1.82, 2.24) is 15.5 Å². The van der Waals surface area contributed by atoms with Gasteiger partial charge in [0.05, 0.1) is 0 Å². The number of piperidine rings is 1. The molecule has 1 amide bonds. The number of carbonyl (C=O) groups excluding carboxylic acids is 1. The molecule has 3 rings (SSSR count). The highest BCUT2D eigenvalue weighted by Gasteiger charge is 2.22. The number of hydrogen-bond acceptors (Lipinski definition) is 3. The van der Waals surface area contributed by atoms with Gasteiger partial charge in [0.15, 0.2) is 0 Å². The van der Waals surface area contributed by atoms with Gasteiger partial charge in [-0.2, -0.15) is 0 Å². The maximum absolute atomic E-state index is 12.2. The smallest absolute Gasteiger partial charge is 0.223 e. The third-order valence-corrected chi connectivity index (χ3v) is 5.70. The quantitative estimate of drug-likeness (QED) is 0.540. The predicted molar refractivity (Wildman–Crippen MR) is 117 cm³/mol. The second kappa shape index (κ2) is 10.4. The first kappa shape index (κ1) is 20.6. The van der Waals surface area contributed by atoms with Crippen LogP contribution in [0.5, 0.6) is 0 Å². The van der Waals surface area contributed by atoms with E-state index in [2.05, 4.69) is 84.1 Å². The van der Waals surface area contributed by atoms with Crippen LogP contribution in [0.25, 0.3) is 10.8 Å². The second-order valence-corrected chi connectivity index (χ2v) is 7.83. The van der Waals surface area contributed by atoms with Crippen LogP contribution in [0.15, 0.2) is 54.6 Å². The summed E-state index contributed by atoms with van der Waals surface area (Å²) in [6.45, 7) is 5.81. The molecule has 0 spiro atoms. The van der Waals surface area contributed by atoms with E-state index in [1.54, 1.807) is 0 Å². The standard InChI is InChI=1S/C24H33N3O/c1-19(22-12-8-10-20-9-4-5-11-23(20)22)25-15-6-3-7-16-26-24(28)21-13-17-27(2)18-14-21/h3-6,8-12,19,21,25H,7,13-18H2,1-2H3,(H,26,28)/b6-3+/t19-/m1/s1. The van der Waals surface area contributed by atoms with Crippen LogP contribution < -0.4 is 10.6 Å². The predicted octanol–water partition coefficient (Wildman–Crippen LogP) is 3.89. The third kappa shape index (κ3) is 5.66. The average Bonchev–Trinajstić information content (AvgIpc) is 2.72. The van der Waals surface area contributed by atoms with Crippen molar-refractivity contribution in [2.45, 2.75) is 32.2 Å². The van der Waals surface area contributed by atoms with Crippen molar-refractivity contribution < 1.29 is 4.79 Å². The molecule has 2 aromatic rings. The Morgan fingerprint density at radius 1 is 1.14 bits per heavy atom. The Labute approximate surface area is 169 Å². The first-order valence-electron chi connectivity index (χ1n) is 10.5. The molecule has 1 aliphatic heterocycles. The number of likely N-dealkylation sites (tertiary alicyclic amines) is 1. The molecule has 0 unspecified atom stereocenters. The molecular formula is C24H33N3O. The number of carbonyl (C=O) groups is 1. The first-order chi connectivity index (χ1) is 13.6. The Bertz CT molecular complexity index is 788. The van der Waals surface area contributed by atoms with Gasteiger partial charge in [-0.3, -0.25) is 4.79 Å². The van der Waals surface area contributed by atoms with Crippen molar-refractivity contribution in [2.75, 3.05) is 33.2 Å². The normalized spacial score (nSPS) is 17.2. The summed E-state index contributed by atoms with van der Waals surface area (Å²) in [5.41, 5.74) is 1.33. The average molecular weight is 380 g/mol. The minimum absolute atomic E-state index is 0.198. The Morgan fingerprint density at radius 2 is 1.89 bits per heavy atom.